The molecule has 0 aliphatic heterocycles. The molecule has 14 heavy (non-hydrogen) atoms. The van der Waals surface area contributed by atoms with Crippen LogP contribution in [0.3, 0.4) is 0 Å². The summed E-state index contributed by atoms with van der Waals surface area (Å²) in [6, 6.07) is -0.946. The average molecular weight is 308 g/mol. The summed E-state index contributed by atoms with van der Waals surface area (Å²) in [5, 5.41) is 9.64. The maximum absolute atomic E-state index is 10.9. The molecule has 4 nitrogen and oxygen atoms in total. The molecule has 0 saturated heterocycles. The van der Waals surface area contributed by atoms with Crippen LogP contribution in [0.5, 0.6) is 0 Å². The van der Waals surface area contributed by atoms with Crippen LogP contribution in [0.2, 0.25) is 0 Å². The molecule has 0 aromatic carbocycles. The Balaban J connectivity index is 4.76. The predicted molar refractivity (Wildman–Crippen MR) is 64.6 cm³/mol. The van der Waals surface area contributed by atoms with Crippen molar-refractivity contribution in [3.63, 3.8) is 0 Å². The molecule has 0 aromatic rings. The van der Waals surface area contributed by atoms with Crippen LogP contribution in [0, 0.1) is 0 Å². The highest BCUT2D eigenvalue weighted by molar-refractivity contribution is 14.1. The molecule has 0 saturated carbocycles. The van der Waals surface area contributed by atoms with Crippen molar-refractivity contribution < 1.29 is 9.90 Å². The molecule has 0 bridgehead atoms. The highest BCUT2D eigenvalue weighted by atomic mass is 127. The number of aliphatic hydroxyl groups is 1. The second kappa shape index (κ2) is 6.74. The monoisotopic (exact) mass is 308 g/mol. The number of rotatable bonds is 5. The van der Waals surface area contributed by atoms with Crippen molar-refractivity contribution in [2.24, 2.45) is 11.5 Å². The van der Waals surface area contributed by atoms with Crippen LogP contribution in [-0.4, -0.2) is 21.0 Å². The van der Waals surface area contributed by atoms with E-state index in [1.807, 2.05) is 0 Å². The summed E-state index contributed by atoms with van der Waals surface area (Å²) in [6.45, 7) is 3.48. The topological polar surface area (TPSA) is 89.3 Å². The number of hydrogen-bond donors (Lipinski definition) is 3. The molecule has 5 heteroatoms. The van der Waals surface area contributed by atoms with E-state index in [2.05, 4.69) is 6.58 Å². The molecule has 2 atom stereocenters. The van der Waals surface area contributed by atoms with Crippen LogP contribution in [0.25, 0.3) is 0 Å². The van der Waals surface area contributed by atoms with Gasteiger partial charge in [-0.3, -0.25) is 4.79 Å². The number of carbonyl (C=O) groups excluding carboxylic acids is 1. The SMILES string of the molecule is C=C/C=C(\C=C/N)C(O)C(N)C(=O)I. The van der Waals surface area contributed by atoms with E-state index in [4.69, 9.17) is 11.5 Å². The highest BCUT2D eigenvalue weighted by Crippen LogP contribution is 2.10. The van der Waals surface area contributed by atoms with Crippen molar-refractivity contribution in [3.05, 3.63) is 36.6 Å². The van der Waals surface area contributed by atoms with Gasteiger partial charge in [0, 0.05) is 22.6 Å². The second-order valence-corrected chi connectivity index (χ2v) is 3.60. The fourth-order valence-electron chi connectivity index (χ4n) is 0.831. The number of hydrogen-bond acceptors (Lipinski definition) is 4. The minimum absolute atomic E-state index is 0.310. The highest BCUT2D eigenvalue weighted by Gasteiger charge is 2.22. The molecule has 0 aliphatic rings. The Kier molecular flexibility index (Phi) is 6.43. The Labute approximate surface area is 96.5 Å². The lowest BCUT2D eigenvalue weighted by atomic mass is 10.0. The predicted octanol–water partition coefficient (Wildman–Crippen LogP) is 0.221. The lowest BCUT2D eigenvalue weighted by Crippen LogP contribution is -2.40. The summed E-state index contributed by atoms with van der Waals surface area (Å²) in [6.07, 6.45) is 4.72. The molecule has 5 N–H and O–H groups in total. The molecule has 0 rings (SSSR count). The quantitative estimate of drug-likeness (QED) is 0.385. The third-order valence-electron chi connectivity index (χ3n) is 1.54. The number of carbonyl (C=O) groups is 1. The zero-order chi connectivity index (χ0) is 11.1. The summed E-state index contributed by atoms with van der Waals surface area (Å²) in [4.78, 5) is 10.9. The second-order valence-electron chi connectivity index (χ2n) is 2.54. The summed E-state index contributed by atoms with van der Waals surface area (Å²) >= 11 is 1.54. The summed E-state index contributed by atoms with van der Waals surface area (Å²) in [5.41, 5.74) is 11.1. The van der Waals surface area contributed by atoms with Gasteiger partial charge in [0.25, 0.3) is 0 Å². The zero-order valence-corrected chi connectivity index (χ0v) is 9.72. The molecule has 0 aromatic heterocycles. The van der Waals surface area contributed by atoms with Crippen LogP contribution in [0.1, 0.15) is 0 Å². The van der Waals surface area contributed by atoms with E-state index in [1.54, 1.807) is 28.7 Å². The van der Waals surface area contributed by atoms with E-state index in [1.165, 1.54) is 18.4 Å². The lowest BCUT2D eigenvalue weighted by molar-refractivity contribution is -0.112. The lowest BCUT2D eigenvalue weighted by Gasteiger charge is -2.16. The first kappa shape index (κ1) is 13.3. The molecule has 0 heterocycles. The largest absolute Gasteiger partial charge is 0.405 e. The first-order valence-electron chi connectivity index (χ1n) is 3.88. The number of nitrogens with two attached hydrogens (primary N) is 2. The molecule has 0 radical (unpaired) electrons. The minimum atomic E-state index is -1.06. The minimum Gasteiger partial charge on any atom is -0.405 e. The van der Waals surface area contributed by atoms with Crippen molar-refractivity contribution in [3.8, 4) is 0 Å². The molecule has 0 fully saturated rings. The molecule has 78 valence electrons. The van der Waals surface area contributed by atoms with Gasteiger partial charge in [0.15, 0.2) is 0 Å². The van der Waals surface area contributed by atoms with Crippen LogP contribution in [0.15, 0.2) is 36.6 Å². The Morgan fingerprint density at radius 1 is 1.57 bits per heavy atom. The van der Waals surface area contributed by atoms with Gasteiger partial charge in [-0.15, -0.1) is 0 Å². The van der Waals surface area contributed by atoms with Crippen LogP contribution in [-0.2, 0) is 4.79 Å². The van der Waals surface area contributed by atoms with Crippen LogP contribution < -0.4 is 11.5 Å². The van der Waals surface area contributed by atoms with Gasteiger partial charge in [-0.25, -0.2) is 0 Å². The standard InChI is InChI=1S/C9H13IN2O2/c1-2-3-6(4-5-11)8(13)7(12)9(10)14/h2-5,7-8,13H,1,11-12H2/b5-4-,6-3+. The summed E-state index contributed by atoms with van der Waals surface area (Å²) in [7, 11) is 0. The van der Waals surface area contributed by atoms with E-state index in [0.29, 0.717) is 5.57 Å². The van der Waals surface area contributed by atoms with Gasteiger partial charge in [0.1, 0.15) is 12.1 Å². The van der Waals surface area contributed by atoms with E-state index in [0.717, 1.165) is 0 Å². The van der Waals surface area contributed by atoms with Crippen LogP contribution in [0.4, 0.5) is 0 Å². The van der Waals surface area contributed by atoms with Crippen molar-refractivity contribution in [1.29, 1.82) is 0 Å². The summed E-state index contributed by atoms with van der Waals surface area (Å²) in [5.74, 6) is 0. The van der Waals surface area contributed by atoms with E-state index >= 15 is 0 Å². The first-order chi connectivity index (χ1) is 6.54. The zero-order valence-electron chi connectivity index (χ0n) is 7.56. The number of halogens is 1. The average Bonchev–Trinajstić information content (AvgIpc) is 2.15. The van der Waals surface area contributed by atoms with Crippen LogP contribution >= 0.6 is 22.6 Å². The van der Waals surface area contributed by atoms with Gasteiger partial charge in [0.2, 0.25) is 3.79 Å². The van der Waals surface area contributed by atoms with Gasteiger partial charge in [-0.2, -0.15) is 0 Å². The Bertz CT molecular complexity index is 274. The van der Waals surface area contributed by atoms with Gasteiger partial charge in [-0.05, 0) is 17.8 Å². The van der Waals surface area contributed by atoms with E-state index < -0.39 is 12.1 Å². The molecular weight excluding hydrogens is 295 g/mol. The molecule has 0 aliphatic carbocycles. The number of aliphatic hydroxyl groups excluding tert-OH is 1. The smallest absolute Gasteiger partial charge is 0.211 e. The van der Waals surface area contributed by atoms with Crippen molar-refractivity contribution >= 4 is 26.4 Å². The normalized spacial score (nSPS) is 16.6. The van der Waals surface area contributed by atoms with Crippen molar-refractivity contribution in [1.82, 2.24) is 0 Å². The molecular formula is C9H13IN2O2. The van der Waals surface area contributed by atoms with Crippen molar-refractivity contribution in [2.75, 3.05) is 0 Å². The third-order valence-corrected chi connectivity index (χ3v) is 2.26. The van der Waals surface area contributed by atoms with Gasteiger partial charge in [0.05, 0.1) is 0 Å². The van der Waals surface area contributed by atoms with Crippen molar-refractivity contribution in [2.45, 2.75) is 12.1 Å². The van der Waals surface area contributed by atoms with Gasteiger partial charge >= 0.3 is 0 Å². The Morgan fingerprint density at radius 2 is 2.14 bits per heavy atom. The Morgan fingerprint density at radius 3 is 2.50 bits per heavy atom. The first-order valence-corrected chi connectivity index (χ1v) is 4.96. The molecule has 0 amide bonds. The van der Waals surface area contributed by atoms with E-state index in [9.17, 15) is 9.90 Å². The fraction of sp³-hybridized carbons (Fsp3) is 0.222. The maximum atomic E-state index is 10.9. The number of allylic oxidation sites excluding steroid dienone is 2. The summed E-state index contributed by atoms with van der Waals surface area (Å²) < 4.78 is -0.310. The molecule has 2 unspecified atom stereocenters. The van der Waals surface area contributed by atoms with Gasteiger partial charge < -0.3 is 16.6 Å². The fourth-order valence-corrected chi connectivity index (χ4v) is 1.17. The van der Waals surface area contributed by atoms with E-state index in [-0.39, 0.29) is 3.79 Å². The maximum Gasteiger partial charge on any atom is 0.211 e. The Hall–Kier alpha value is -0.660. The molecule has 0 spiro atoms. The third kappa shape index (κ3) is 4.03. The van der Waals surface area contributed by atoms with Gasteiger partial charge in [-0.1, -0.05) is 18.7 Å².